The Hall–Kier alpha value is -0.0900. The Labute approximate surface area is 100 Å². The molecule has 1 saturated heterocycles. The monoisotopic (exact) mass is 244 g/mol. The van der Waals surface area contributed by atoms with Crippen molar-refractivity contribution in [2.75, 3.05) is 26.7 Å². The van der Waals surface area contributed by atoms with Crippen LogP contribution in [0.3, 0.4) is 0 Å². The van der Waals surface area contributed by atoms with E-state index in [4.69, 9.17) is 17.3 Å². The summed E-state index contributed by atoms with van der Waals surface area (Å²) in [6, 6.07) is 4.13. The lowest BCUT2D eigenvalue weighted by Gasteiger charge is -2.39. The van der Waals surface area contributed by atoms with E-state index >= 15 is 0 Å². The van der Waals surface area contributed by atoms with Gasteiger partial charge in [0, 0.05) is 16.8 Å². The van der Waals surface area contributed by atoms with Crippen LogP contribution in [0.25, 0.3) is 0 Å². The lowest BCUT2D eigenvalue weighted by atomic mass is 9.77. The molecule has 84 valence electrons. The predicted molar refractivity (Wildman–Crippen MR) is 66.8 cm³/mol. The van der Waals surface area contributed by atoms with E-state index in [1.54, 1.807) is 11.3 Å². The summed E-state index contributed by atoms with van der Waals surface area (Å²) < 4.78 is 0.872. The average molecular weight is 245 g/mol. The third kappa shape index (κ3) is 2.21. The number of hydrogen-bond acceptors (Lipinski definition) is 3. The summed E-state index contributed by atoms with van der Waals surface area (Å²) in [6.45, 7) is 3.00. The molecule has 4 heteroatoms. The number of halogens is 1. The first-order chi connectivity index (χ1) is 7.16. The van der Waals surface area contributed by atoms with Gasteiger partial charge in [0.1, 0.15) is 0 Å². The highest BCUT2D eigenvalue weighted by Crippen LogP contribution is 2.39. The number of hydrogen-bond donors (Lipinski definition) is 1. The minimum Gasteiger partial charge on any atom is -0.330 e. The summed E-state index contributed by atoms with van der Waals surface area (Å²) in [5.41, 5.74) is 6.15. The standard InChI is InChI=1S/C11H17ClN2S/c1-14-6-4-11(8-13,5-7-14)9-2-3-10(12)15-9/h2-3H,4-8,13H2,1H3. The molecule has 1 aliphatic rings. The van der Waals surface area contributed by atoms with Crippen LogP contribution < -0.4 is 5.73 Å². The highest BCUT2D eigenvalue weighted by molar-refractivity contribution is 7.16. The van der Waals surface area contributed by atoms with E-state index in [2.05, 4.69) is 18.0 Å². The van der Waals surface area contributed by atoms with Crippen molar-refractivity contribution in [2.24, 2.45) is 5.73 Å². The number of piperidine rings is 1. The van der Waals surface area contributed by atoms with Gasteiger partial charge < -0.3 is 10.6 Å². The normalized spacial score (nSPS) is 21.8. The Morgan fingerprint density at radius 3 is 2.60 bits per heavy atom. The number of thiophene rings is 1. The fraction of sp³-hybridized carbons (Fsp3) is 0.636. The van der Waals surface area contributed by atoms with E-state index in [1.807, 2.05) is 6.07 Å². The van der Waals surface area contributed by atoms with Gasteiger partial charge in [0.2, 0.25) is 0 Å². The van der Waals surface area contributed by atoms with Gasteiger partial charge in [-0.25, -0.2) is 0 Å². The molecule has 0 bridgehead atoms. The number of nitrogens with two attached hydrogens (primary N) is 1. The SMILES string of the molecule is CN1CCC(CN)(c2ccc(Cl)s2)CC1. The van der Waals surface area contributed by atoms with E-state index in [9.17, 15) is 0 Å². The maximum atomic E-state index is 5.99. The van der Waals surface area contributed by atoms with Crippen molar-refractivity contribution in [3.63, 3.8) is 0 Å². The molecule has 0 saturated carbocycles. The molecule has 2 nitrogen and oxygen atoms in total. The van der Waals surface area contributed by atoms with Crippen molar-refractivity contribution in [3.05, 3.63) is 21.3 Å². The highest BCUT2D eigenvalue weighted by atomic mass is 35.5. The molecule has 1 aromatic heterocycles. The van der Waals surface area contributed by atoms with E-state index in [0.29, 0.717) is 0 Å². The maximum absolute atomic E-state index is 5.99. The first-order valence-electron chi connectivity index (χ1n) is 5.31. The summed E-state index contributed by atoms with van der Waals surface area (Å²) in [5, 5.41) is 0. The lowest BCUT2D eigenvalue weighted by molar-refractivity contribution is 0.194. The van der Waals surface area contributed by atoms with E-state index in [-0.39, 0.29) is 5.41 Å². The number of rotatable bonds is 2. The lowest BCUT2D eigenvalue weighted by Crippen LogP contribution is -2.44. The van der Waals surface area contributed by atoms with E-state index in [0.717, 1.165) is 36.8 Å². The molecule has 2 rings (SSSR count). The molecular formula is C11H17ClN2S. The first-order valence-corrected chi connectivity index (χ1v) is 6.50. The van der Waals surface area contributed by atoms with Crippen molar-refractivity contribution in [1.29, 1.82) is 0 Å². The van der Waals surface area contributed by atoms with Crippen LogP contribution in [0.1, 0.15) is 17.7 Å². The molecular weight excluding hydrogens is 228 g/mol. The van der Waals surface area contributed by atoms with Gasteiger partial charge in [0.05, 0.1) is 4.34 Å². The molecule has 1 aromatic rings. The molecule has 0 spiro atoms. The first kappa shape index (κ1) is 11.4. The number of likely N-dealkylation sites (tertiary alicyclic amines) is 1. The van der Waals surface area contributed by atoms with E-state index in [1.165, 1.54) is 4.88 Å². The largest absolute Gasteiger partial charge is 0.330 e. The van der Waals surface area contributed by atoms with Gasteiger partial charge in [-0.05, 0) is 45.1 Å². The fourth-order valence-electron chi connectivity index (χ4n) is 2.20. The second kappa shape index (κ2) is 4.42. The van der Waals surface area contributed by atoms with Crippen molar-refractivity contribution >= 4 is 22.9 Å². The molecule has 0 atom stereocenters. The maximum Gasteiger partial charge on any atom is 0.0931 e. The Morgan fingerprint density at radius 2 is 2.13 bits per heavy atom. The van der Waals surface area contributed by atoms with Crippen LogP contribution in [0.4, 0.5) is 0 Å². The van der Waals surface area contributed by atoms with Crippen LogP contribution in [0, 0.1) is 0 Å². The Morgan fingerprint density at radius 1 is 1.47 bits per heavy atom. The zero-order valence-corrected chi connectivity index (χ0v) is 10.6. The van der Waals surface area contributed by atoms with E-state index < -0.39 is 0 Å². The van der Waals surface area contributed by atoms with Gasteiger partial charge in [0.25, 0.3) is 0 Å². The van der Waals surface area contributed by atoms with Crippen molar-refractivity contribution in [3.8, 4) is 0 Å². The van der Waals surface area contributed by atoms with Gasteiger partial charge in [-0.3, -0.25) is 0 Å². The summed E-state index contributed by atoms with van der Waals surface area (Å²) in [5.74, 6) is 0. The third-order valence-electron chi connectivity index (χ3n) is 3.43. The molecule has 0 aromatic carbocycles. The zero-order valence-electron chi connectivity index (χ0n) is 9.00. The minimum absolute atomic E-state index is 0.185. The Bertz CT molecular complexity index is 329. The highest BCUT2D eigenvalue weighted by Gasteiger charge is 2.35. The van der Waals surface area contributed by atoms with Crippen LogP contribution >= 0.6 is 22.9 Å². The van der Waals surface area contributed by atoms with Gasteiger partial charge in [0.15, 0.2) is 0 Å². The average Bonchev–Trinajstić information content (AvgIpc) is 2.67. The molecule has 1 fully saturated rings. The van der Waals surface area contributed by atoms with Crippen LogP contribution in [0.2, 0.25) is 4.34 Å². The summed E-state index contributed by atoms with van der Waals surface area (Å²) >= 11 is 7.68. The molecule has 1 aliphatic heterocycles. The summed E-state index contributed by atoms with van der Waals surface area (Å²) in [4.78, 5) is 3.73. The van der Waals surface area contributed by atoms with Gasteiger partial charge in [-0.15, -0.1) is 11.3 Å². The van der Waals surface area contributed by atoms with Crippen molar-refractivity contribution in [1.82, 2.24) is 4.90 Å². The molecule has 0 radical (unpaired) electrons. The Balaban J connectivity index is 2.22. The second-order valence-corrected chi connectivity index (χ2v) is 6.11. The van der Waals surface area contributed by atoms with Crippen LogP contribution in [-0.4, -0.2) is 31.6 Å². The molecule has 0 amide bonds. The van der Waals surface area contributed by atoms with Gasteiger partial charge in [-0.1, -0.05) is 11.6 Å². The van der Waals surface area contributed by atoms with Crippen LogP contribution in [0.5, 0.6) is 0 Å². The molecule has 15 heavy (non-hydrogen) atoms. The molecule has 0 aliphatic carbocycles. The minimum atomic E-state index is 0.185. The predicted octanol–water partition coefficient (Wildman–Crippen LogP) is 2.32. The smallest absolute Gasteiger partial charge is 0.0931 e. The van der Waals surface area contributed by atoms with Crippen molar-refractivity contribution < 1.29 is 0 Å². The fourth-order valence-corrected chi connectivity index (χ4v) is 3.50. The molecule has 0 unspecified atom stereocenters. The summed E-state index contributed by atoms with van der Waals surface area (Å²) in [7, 11) is 2.17. The zero-order chi connectivity index (χ0) is 10.9. The van der Waals surface area contributed by atoms with Crippen LogP contribution in [0.15, 0.2) is 12.1 Å². The second-order valence-electron chi connectivity index (χ2n) is 4.39. The van der Waals surface area contributed by atoms with Crippen LogP contribution in [-0.2, 0) is 5.41 Å². The Kier molecular flexibility index (Phi) is 3.36. The topological polar surface area (TPSA) is 29.3 Å². The summed E-state index contributed by atoms with van der Waals surface area (Å²) in [6.07, 6.45) is 2.30. The van der Waals surface area contributed by atoms with Gasteiger partial charge >= 0.3 is 0 Å². The number of nitrogens with zero attached hydrogens (tertiary/aromatic N) is 1. The van der Waals surface area contributed by atoms with Crippen molar-refractivity contribution in [2.45, 2.75) is 18.3 Å². The molecule has 2 heterocycles. The third-order valence-corrected chi connectivity index (χ3v) is 4.91. The van der Waals surface area contributed by atoms with Gasteiger partial charge in [-0.2, -0.15) is 0 Å². The molecule has 2 N–H and O–H groups in total. The quantitative estimate of drug-likeness (QED) is 0.865.